The summed E-state index contributed by atoms with van der Waals surface area (Å²) >= 11 is 0. The first-order valence-electron chi connectivity index (χ1n) is 6.67. The molecule has 1 aromatic rings. The predicted octanol–water partition coefficient (Wildman–Crippen LogP) is 2.34. The van der Waals surface area contributed by atoms with Crippen molar-refractivity contribution in [3.8, 4) is 11.5 Å². The van der Waals surface area contributed by atoms with Crippen molar-refractivity contribution in [3.63, 3.8) is 0 Å². The van der Waals surface area contributed by atoms with Gasteiger partial charge in [-0.2, -0.15) is 0 Å². The van der Waals surface area contributed by atoms with Crippen molar-refractivity contribution < 1.29 is 14.3 Å². The lowest BCUT2D eigenvalue weighted by Crippen LogP contribution is -2.28. The molecule has 0 spiro atoms. The van der Waals surface area contributed by atoms with Gasteiger partial charge in [0.05, 0.1) is 25.9 Å². The maximum atomic E-state index is 10.9. The summed E-state index contributed by atoms with van der Waals surface area (Å²) in [5.41, 5.74) is 1.84. The Morgan fingerprint density at radius 3 is 2.65 bits per heavy atom. The molecule has 0 radical (unpaired) electrons. The van der Waals surface area contributed by atoms with Gasteiger partial charge in [0, 0.05) is 18.8 Å². The lowest BCUT2D eigenvalue weighted by Gasteiger charge is -2.15. The number of amides is 1. The Morgan fingerprint density at radius 1 is 1.30 bits per heavy atom. The van der Waals surface area contributed by atoms with Crippen molar-refractivity contribution in [2.75, 3.05) is 20.8 Å². The van der Waals surface area contributed by atoms with Crippen LogP contribution in [0.4, 0.5) is 5.69 Å². The van der Waals surface area contributed by atoms with Gasteiger partial charge in [-0.25, -0.2) is 0 Å². The van der Waals surface area contributed by atoms with Crippen LogP contribution in [0.3, 0.4) is 0 Å². The molecule has 1 aromatic carbocycles. The van der Waals surface area contributed by atoms with Gasteiger partial charge in [-0.3, -0.25) is 9.79 Å². The van der Waals surface area contributed by atoms with E-state index >= 15 is 0 Å². The van der Waals surface area contributed by atoms with Crippen molar-refractivity contribution >= 4 is 18.3 Å². The first-order chi connectivity index (χ1) is 9.69. The summed E-state index contributed by atoms with van der Waals surface area (Å²) < 4.78 is 10.5. The maximum absolute atomic E-state index is 10.9. The van der Waals surface area contributed by atoms with Crippen molar-refractivity contribution in [3.05, 3.63) is 17.7 Å². The van der Waals surface area contributed by atoms with E-state index in [0.29, 0.717) is 11.5 Å². The van der Waals surface area contributed by atoms with E-state index in [1.165, 1.54) is 0 Å². The number of rotatable bonds is 5. The Balaban J connectivity index is 2.22. The molecule has 0 N–H and O–H groups in total. The average molecular weight is 276 g/mol. The topological polar surface area (TPSA) is 51.1 Å². The normalized spacial score (nSPS) is 18.6. The standard InChI is InChI=1S/C15H20N2O3/c1-11-7-14(19-2)15(20-3)8-13(11)16-9-12-5-4-6-17(12)10-18/h7-10,12H,4-6H2,1-3H3. The number of methoxy groups -OCH3 is 2. The number of nitrogens with zero attached hydrogens (tertiary/aromatic N) is 2. The number of hydrogen-bond acceptors (Lipinski definition) is 4. The van der Waals surface area contributed by atoms with E-state index in [1.54, 1.807) is 19.1 Å². The highest BCUT2D eigenvalue weighted by atomic mass is 16.5. The molecule has 2 rings (SSSR count). The number of ether oxygens (including phenoxy) is 2. The summed E-state index contributed by atoms with van der Waals surface area (Å²) in [5.74, 6) is 1.35. The van der Waals surface area contributed by atoms with Gasteiger partial charge in [-0.15, -0.1) is 0 Å². The number of benzene rings is 1. The molecule has 0 saturated carbocycles. The molecule has 1 aliphatic rings. The molecule has 1 unspecified atom stereocenters. The predicted molar refractivity (Wildman–Crippen MR) is 78.2 cm³/mol. The Labute approximate surface area is 119 Å². The largest absolute Gasteiger partial charge is 0.493 e. The van der Waals surface area contributed by atoms with Gasteiger partial charge < -0.3 is 14.4 Å². The summed E-state index contributed by atoms with van der Waals surface area (Å²) in [6.45, 7) is 2.78. The molecule has 108 valence electrons. The van der Waals surface area contributed by atoms with E-state index in [2.05, 4.69) is 4.99 Å². The number of aliphatic imine (C=N–C) groups is 1. The summed E-state index contributed by atoms with van der Waals surface area (Å²) in [5, 5.41) is 0. The summed E-state index contributed by atoms with van der Waals surface area (Å²) in [4.78, 5) is 17.2. The van der Waals surface area contributed by atoms with Gasteiger partial charge in [-0.05, 0) is 31.4 Å². The van der Waals surface area contributed by atoms with Gasteiger partial charge >= 0.3 is 0 Å². The third-order valence-electron chi connectivity index (χ3n) is 3.57. The third-order valence-corrected chi connectivity index (χ3v) is 3.57. The molecular weight excluding hydrogens is 256 g/mol. The van der Waals surface area contributed by atoms with Crippen LogP contribution < -0.4 is 9.47 Å². The van der Waals surface area contributed by atoms with Crippen molar-refractivity contribution in [2.45, 2.75) is 25.8 Å². The molecule has 1 fully saturated rings. The van der Waals surface area contributed by atoms with Crippen LogP contribution in [0.5, 0.6) is 11.5 Å². The van der Waals surface area contributed by atoms with Gasteiger partial charge in [-0.1, -0.05) is 0 Å². The van der Waals surface area contributed by atoms with Crippen molar-refractivity contribution in [2.24, 2.45) is 4.99 Å². The first kappa shape index (κ1) is 14.4. The zero-order valence-electron chi connectivity index (χ0n) is 12.1. The number of carbonyl (C=O) groups excluding carboxylic acids is 1. The molecule has 1 atom stereocenters. The summed E-state index contributed by atoms with van der Waals surface area (Å²) in [6.07, 6.45) is 4.73. The highest BCUT2D eigenvalue weighted by Gasteiger charge is 2.21. The number of carbonyl (C=O) groups is 1. The lowest BCUT2D eigenvalue weighted by molar-refractivity contribution is -0.117. The zero-order valence-corrected chi connectivity index (χ0v) is 12.1. The minimum absolute atomic E-state index is 0.0972. The summed E-state index contributed by atoms with van der Waals surface area (Å²) in [7, 11) is 3.21. The molecule has 1 aliphatic heterocycles. The zero-order chi connectivity index (χ0) is 14.5. The van der Waals surface area contributed by atoms with E-state index < -0.39 is 0 Å². The van der Waals surface area contributed by atoms with Crippen LogP contribution in [0.2, 0.25) is 0 Å². The van der Waals surface area contributed by atoms with Crippen LogP contribution in [0, 0.1) is 6.92 Å². The monoisotopic (exact) mass is 276 g/mol. The molecule has 0 aromatic heterocycles. The van der Waals surface area contributed by atoms with E-state index in [0.717, 1.165) is 37.0 Å². The van der Waals surface area contributed by atoms with E-state index in [-0.39, 0.29) is 6.04 Å². The van der Waals surface area contributed by atoms with Gasteiger partial charge in [0.25, 0.3) is 0 Å². The van der Waals surface area contributed by atoms with Crippen LogP contribution in [-0.4, -0.2) is 44.3 Å². The molecule has 1 saturated heterocycles. The van der Waals surface area contributed by atoms with Gasteiger partial charge in [0.2, 0.25) is 6.41 Å². The van der Waals surface area contributed by atoms with Crippen molar-refractivity contribution in [1.29, 1.82) is 0 Å². The Bertz CT molecular complexity index is 514. The smallest absolute Gasteiger partial charge is 0.210 e. The third kappa shape index (κ3) is 2.92. The fraction of sp³-hybridized carbons (Fsp3) is 0.467. The van der Waals surface area contributed by atoms with Gasteiger partial charge in [0.1, 0.15) is 0 Å². The second-order valence-corrected chi connectivity index (χ2v) is 4.82. The SMILES string of the molecule is COc1cc(C)c(N=CC2CCCN2C=O)cc1OC. The van der Waals surface area contributed by atoms with Crippen molar-refractivity contribution in [1.82, 2.24) is 4.90 Å². The van der Waals surface area contributed by atoms with Crippen LogP contribution in [0.15, 0.2) is 17.1 Å². The second kappa shape index (κ2) is 6.41. The number of aryl methyl sites for hydroxylation is 1. The highest BCUT2D eigenvalue weighted by Crippen LogP contribution is 2.34. The molecule has 1 amide bonds. The molecule has 5 nitrogen and oxygen atoms in total. The van der Waals surface area contributed by atoms with Gasteiger partial charge in [0.15, 0.2) is 11.5 Å². The first-order valence-corrected chi connectivity index (χ1v) is 6.67. The van der Waals surface area contributed by atoms with E-state index in [9.17, 15) is 4.79 Å². The minimum Gasteiger partial charge on any atom is -0.493 e. The lowest BCUT2D eigenvalue weighted by atomic mass is 10.1. The second-order valence-electron chi connectivity index (χ2n) is 4.82. The van der Waals surface area contributed by atoms with E-state index in [1.807, 2.05) is 25.3 Å². The van der Waals surface area contributed by atoms with Crippen LogP contribution >= 0.6 is 0 Å². The molecular formula is C15H20N2O3. The number of likely N-dealkylation sites (tertiary alicyclic amines) is 1. The molecule has 0 aliphatic carbocycles. The Kier molecular flexibility index (Phi) is 4.61. The average Bonchev–Trinajstić information content (AvgIpc) is 2.93. The van der Waals surface area contributed by atoms with Crippen LogP contribution in [0.25, 0.3) is 0 Å². The Hall–Kier alpha value is -2.04. The highest BCUT2D eigenvalue weighted by molar-refractivity contribution is 5.74. The fourth-order valence-electron chi connectivity index (χ4n) is 2.38. The quantitative estimate of drug-likeness (QED) is 0.612. The minimum atomic E-state index is 0.0972. The molecule has 0 bridgehead atoms. The van der Waals surface area contributed by atoms with Crippen LogP contribution in [0.1, 0.15) is 18.4 Å². The number of hydrogen-bond donors (Lipinski definition) is 0. The summed E-state index contributed by atoms with van der Waals surface area (Å²) in [6, 6.07) is 3.85. The molecule has 5 heteroatoms. The molecule has 1 heterocycles. The Morgan fingerprint density at radius 2 is 2.00 bits per heavy atom. The van der Waals surface area contributed by atoms with Crippen LogP contribution in [-0.2, 0) is 4.79 Å². The maximum Gasteiger partial charge on any atom is 0.210 e. The fourth-order valence-corrected chi connectivity index (χ4v) is 2.38. The molecule has 20 heavy (non-hydrogen) atoms. The van der Waals surface area contributed by atoms with E-state index in [4.69, 9.17) is 9.47 Å².